The van der Waals surface area contributed by atoms with Gasteiger partial charge in [0, 0.05) is 36.9 Å². The van der Waals surface area contributed by atoms with Gasteiger partial charge in [-0.15, -0.1) is 0 Å². The third kappa shape index (κ3) is 66.1. The highest BCUT2D eigenvalue weighted by atomic mass is 32.2. The summed E-state index contributed by atoms with van der Waals surface area (Å²) in [4.78, 5) is 83.7. The average Bonchev–Trinajstić information content (AvgIpc) is 3.49. The van der Waals surface area contributed by atoms with Crippen molar-refractivity contribution in [2.75, 3.05) is 134 Å². The fraction of sp³-hybridized carbons (Fsp3) is 0.922. The van der Waals surface area contributed by atoms with Gasteiger partial charge in [-0.05, 0) is 89.6 Å². The molecule has 0 N–H and O–H groups in total. The number of carbonyl (C=O) groups is 6. The minimum atomic E-state index is -0.425. The fourth-order valence-corrected chi connectivity index (χ4v) is 14.4. The van der Waals surface area contributed by atoms with Gasteiger partial charge in [-0.3, -0.25) is 28.8 Å². The van der Waals surface area contributed by atoms with Crippen molar-refractivity contribution in [1.29, 1.82) is 0 Å². The van der Waals surface area contributed by atoms with Crippen LogP contribution in [-0.2, 0) is 57.2 Å². The Bertz CT molecular complexity index is 1700. The summed E-state index contributed by atoms with van der Waals surface area (Å²) >= 11 is 5.39. The zero-order valence-electron chi connectivity index (χ0n) is 62.6. The summed E-state index contributed by atoms with van der Waals surface area (Å²) in [5.41, 5.74) is 0. The molecule has 0 aromatic rings. The number of carbonyl (C=O) groups excluding carboxylic acids is 6. The molecule has 95 heavy (non-hydrogen) atoms. The first-order chi connectivity index (χ1) is 46.2. The van der Waals surface area contributed by atoms with Crippen LogP contribution in [-0.4, -0.2) is 185 Å². The van der Waals surface area contributed by atoms with Crippen LogP contribution in [0.1, 0.15) is 305 Å². The molecular weight excluding hydrogens is 1260 g/mol. The van der Waals surface area contributed by atoms with Gasteiger partial charge in [-0.2, -0.15) is 35.3 Å². The first kappa shape index (κ1) is 92.8. The molecule has 3 atom stereocenters. The summed E-state index contributed by atoms with van der Waals surface area (Å²) in [5.74, 6) is 2.47. The molecule has 0 saturated carbocycles. The number of ether oxygens (including phenoxy) is 6. The van der Waals surface area contributed by atoms with Gasteiger partial charge in [-0.25, -0.2) is 0 Å². The minimum absolute atomic E-state index is 0.0100. The number of rotatable bonds is 74. The molecule has 0 spiro atoms. The normalized spacial score (nSPS) is 12.5. The average molecular weight is 1400 g/mol. The number of esters is 6. The van der Waals surface area contributed by atoms with Gasteiger partial charge in [0.05, 0.1) is 37.0 Å². The summed E-state index contributed by atoms with van der Waals surface area (Å²) in [6.45, 7) is 16.4. The summed E-state index contributed by atoms with van der Waals surface area (Å²) in [5, 5.41) is 0. The summed E-state index contributed by atoms with van der Waals surface area (Å²) < 4.78 is 33.0. The maximum Gasteiger partial charge on any atom is 0.309 e. The van der Waals surface area contributed by atoms with E-state index in [1.165, 1.54) is 218 Å². The third-order valence-corrected chi connectivity index (χ3v) is 21.4. The second-order valence-corrected chi connectivity index (χ2v) is 30.7. The van der Waals surface area contributed by atoms with Gasteiger partial charge in [0.1, 0.15) is 39.6 Å². The van der Waals surface area contributed by atoms with Crippen molar-refractivity contribution >= 4 is 71.1 Å². The summed E-state index contributed by atoms with van der Waals surface area (Å²) in [6.07, 6.45) is 49.5. The second-order valence-electron chi connectivity index (χ2n) is 27.2. The zero-order chi connectivity index (χ0) is 69.7. The molecule has 0 aliphatic carbocycles. The number of thioether (sulfide) groups is 3. The molecule has 0 saturated heterocycles. The van der Waals surface area contributed by atoms with Crippen LogP contribution in [0.4, 0.5) is 0 Å². The Hall–Kier alpha value is -2.25. The molecular formula is C77H147N3O12S3. The summed E-state index contributed by atoms with van der Waals surface area (Å²) in [7, 11) is 4.07. The van der Waals surface area contributed by atoms with Crippen LogP contribution in [0.15, 0.2) is 0 Å². The first-order valence-electron chi connectivity index (χ1n) is 39.0. The quantitative estimate of drug-likeness (QED) is 0.0320. The van der Waals surface area contributed by atoms with Crippen LogP contribution in [0.25, 0.3) is 0 Å². The lowest BCUT2D eigenvalue weighted by Crippen LogP contribution is -2.35. The molecule has 18 heteroatoms. The second kappa shape index (κ2) is 71.6. The topological polar surface area (TPSA) is 168 Å². The molecule has 0 amide bonds. The van der Waals surface area contributed by atoms with Crippen LogP contribution < -0.4 is 0 Å². The predicted molar refractivity (Wildman–Crippen MR) is 403 cm³/mol. The molecule has 0 aromatic carbocycles. The Morgan fingerprint density at radius 1 is 0.274 bits per heavy atom. The van der Waals surface area contributed by atoms with Crippen molar-refractivity contribution in [2.45, 2.75) is 305 Å². The van der Waals surface area contributed by atoms with Crippen molar-refractivity contribution in [3.05, 3.63) is 0 Å². The lowest BCUT2D eigenvalue weighted by atomic mass is 10.1. The fourth-order valence-electron chi connectivity index (χ4n) is 11.2. The molecule has 3 unspecified atom stereocenters. The SMILES string of the molecule is CCCCCCCCCCCCCCSCC(C)C(=O)OCCOC(=O)CCN(CCCN(C)C)CCCN(CCC(=O)OCCOC(=O)C(C)CSCCCCCCCCCCCCCC)CCC(=O)OCCOC(=O)C(C)CSCCCCCCCCCCCCCC. The molecule has 0 fully saturated rings. The summed E-state index contributed by atoms with van der Waals surface area (Å²) in [6, 6.07) is 0. The number of hydrogen-bond acceptors (Lipinski definition) is 18. The Kier molecular flexibility index (Phi) is 69.9. The molecule has 0 radical (unpaired) electrons. The Balaban J connectivity index is 5.05. The number of hydrogen-bond donors (Lipinski definition) is 0. The minimum Gasteiger partial charge on any atom is -0.462 e. The molecule has 15 nitrogen and oxygen atoms in total. The van der Waals surface area contributed by atoms with Crippen molar-refractivity contribution in [3.63, 3.8) is 0 Å². The van der Waals surface area contributed by atoms with Gasteiger partial charge < -0.3 is 43.1 Å². The molecule has 0 aliphatic rings. The molecule has 0 heterocycles. The van der Waals surface area contributed by atoms with E-state index in [2.05, 4.69) is 30.6 Å². The van der Waals surface area contributed by atoms with Crippen LogP contribution in [0.5, 0.6) is 0 Å². The highest BCUT2D eigenvalue weighted by Crippen LogP contribution is 2.20. The van der Waals surface area contributed by atoms with E-state index in [1.54, 1.807) is 35.3 Å². The zero-order valence-corrected chi connectivity index (χ0v) is 65.1. The monoisotopic (exact) mass is 1400 g/mol. The molecule has 560 valence electrons. The maximum atomic E-state index is 13.1. The maximum absolute atomic E-state index is 13.1. The van der Waals surface area contributed by atoms with Crippen molar-refractivity contribution in [2.24, 2.45) is 17.8 Å². The van der Waals surface area contributed by atoms with E-state index in [1.807, 2.05) is 39.8 Å². The standard InChI is InChI=1S/C77H147N3O12S3/c1-9-12-15-18-21-24-27-30-33-36-39-42-63-93-66-69(4)75(84)90-60-57-87-72(81)47-54-79(51-45-50-78(7)8)52-46-53-80(55-48-73(82)88-58-61-91-76(85)70(5)67-94-64-43-40-37-34-31-28-25-22-19-16-13-10-2)56-49-74(83)89-59-62-92-77(86)71(6)68-95-65-44-41-38-35-32-29-26-23-20-17-14-11-3/h69-71H,9-68H2,1-8H3. The van der Waals surface area contributed by atoms with Crippen LogP contribution in [0.2, 0.25) is 0 Å². The highest BCUT2D eigenvalue weighted by molar-refractivity contribution is 7.99. The van der Waals surface area contributed by atoms with E-state index in [0.29, 0.717) is 56.4 Å². The van der Waals surface area contributed by atoms with Crippen LogP contribution >= 0.6 is 35.3 Å². The Labute approximate surface area is 596 Å². The van der Waals surface area contributed by atoms with Gasteiger partial charge >= 0.3 is 35.8 Å². The van der Waals surface area contributed by atoms with Gasteiger partial charge in [0.25, 0.3) is 0 Å². The van der Waals surface area contributed by atoms with E-state index in [0.717, 1.165) is 49.6 Å². The Morgan fingerprint density at radius 3 is 0.726 bits per heavy atom. The van der Waals surface area contributed by atoms with E-state index in [-0.39, 0.29) is 101 Å². The molecule has 0 bridgehead atoms. The largest absolute Gasteiger partial charge is 0.462 e. The Morgan fingerprint density at radius 2 is 0.484 bits per heavy atom. The van der Waals surface area contributed by atoms with Crippen LogP contribution in [0, 0.1) is 17.8 Å². The van der Waals surface area contributed by atoms with Crippen molar-refractivity contribution in [3.8, 4) is 0 Å². The number of nitrogens with zero attached hydrogens (tertiary/aromatic N) is 3. The van der Waals surface area contributed by atoms with E-state index < -0.39 is 11.9 Å². The molecule has 0 aliphatic heterocycles. The lowest BCUT2D eigenvalue weighted by molar-refractivity contribution is -0.154. The van der Waals surface area contributed by atoms with Crippen molar-refractivity contribution < 1.29 is 57.2 Å². The van der Waals surface area contributed by atoms with Gasteiger partial charge in [0.2, 0.25) is 0 Å². The first-order valence-corrected chi connectivity index (χ1v) is 42.5. The third-order valence-electron chi connectivity index (χ3n) is 17.4. The predicted octanol–water partition coefficient (Wildman–Crippen LogP) is 18.6. The lowest BCUT2D eigenvalue weighted by Gasteiger charge is -2.26. The van der Waals surface area contributed by atoms with E-state index in [4.69, 9.17) is 28.4 Å². The highest BCUT2D eigenvalue weighted by Gasteiger charge is 2.20. The van der Waals surface area contributed by atoms with Gasteiger partial charge in [-0.1, -0.05) is 253 Å². The van der Waals surface area contributed by atoms with Crippen LogP contribution in [0.3, 0.4) is 0 Å². The van der Waals surface area contributed by atoms with E-state index >= 15 is 0 Å². The number of unbranched alkanes of at least 4 members (excludes halogenated alkanes) is 33. The van der Waals surface area contributed by atoms with Gasteiger partial charge in [0.15, 0.2) is 0 Å². The molecule has 0 aromatic heterocycles. The van der Waals surface area contributed by atoms with E-state index in [9.17, 15) is 28.8 Å². The smallest absolute Gasteiger partial charge is 0.309 e. The molecule has 0 rings (SSSR count). The van der Waals surface area contributed by atoms with Crippen molar-refractivity contribution in [1.82, 2.24) is 14.7 Å².